The number of rotatable bonds is 5. The number of para-hydroxylation sites is 1. The molecule has 0 bridgehead atoms. The average Bonchev–Trinajstić information content (AvgIpc) is 3.20. The number of anilines is 1. The van der Waals surface area contributed by atoms with Gasteiger partial charge < -0.3 is 9.84 Å². The largest absolute Gasteiger partial charge is 0.339 e. The first-order valence-electron chi connectivity index (χ1n) is 9.34. The van der Waals surface area contributed by atoms with Crippen LogP contribution in [0.1, 0.15) is 24.7 Å². The number of aromatic nitrogens is 2. The number of hydrogen-bond acceptors (Lipinski definition) is 5. The topological polar surface area (TPSA) is 71.3 Å². The van der Waals surface area contributed by atoms with E-state index in [4.69, 9.17) is 4.52 Å². The Morgan fingerprint density at radius 1 is 1.11 bits per heavy atom. The second-order valence-corrected chi connectivity index (χ2v) is 6.93. The maximum atomic E-state index is 13.1. The van der Waals surface area contributed by atoms with Crippen molar-refractivity contribution in [2.45, 2.75) is 18.8 Å². The molecule has 1 fully saturated rings. The second-order valence-electron chi connectivity index (χ2n) is 6.93. The molecule has 1 aromatic heterocycles. The summed E-state index contributed by atoms with van der Waals surface area (Å²) in [4.78, 5) is 18.8. The van der Waals surface area contributed by atoms with E-state index in [0.717, 1.165) is 37.2 Å². The molecule has 144 valence electrons. The number of halogens is 1. The first-order valence-corrected chi connectivity index (χ1v) is 9.34. The summed E-state index contributed by atoms with van der Waals surface area (Å²) < 4.78 is 18.5. The molecule has 0 atom stereocenters. The minimum absolute atomic E-state index is 0.0129. The zero-order valence-electron chi connectivity index (χ0n) is 15.3. The molecule has 4 rings (SSSR count). The summed E-state index contributed by atoms with van der Waals surface area (Å²) in [6.45, 7) is 1.95. The first kappa shape index (κ1) is 18.3. The van der Waals surface area contributed by atoms with Crippen molar-refractivity contribution in [3.63, 3.8) is 0 Å². The van der Waals surface area contributed by atoms with E-state index in [1.165, 1.54) is 12.1 Å². The van der Waals surface area contributed by atoms with E-state index >= 15 is 0 Å². The van der Waals surface area contributed by atoms with E-state index in [0.29, 0.717) is 18.3 Å². The standard InChI is InChI=1S/C21H21FN4O2/c22-17-8-6-15(7-9-17)20-24-21(28-25-20)16-10-12-26(13-11-16)14-19(27)23-18-4-2-1-3-5-18/h1-9,16H,10-14H2,(H,23,27). The van der Waals surface area contributed by atoms with Crippen molar-refractivity contribution in [2.24, 2.45) is 0 Å². The van der Waals surface area contributed by atoms with E-state index in [1.807, 2.05) is 30.3 Å². The van der Waals surface area contributed by atoms with Crippen LogP contribution in [0.3, 0.4) is 0 Å². The van der Waals surface area contributed by atoms with Crippen LogP contribution in [0.15, 0.2) is 59.1 Å². The third-order valence-corrected chi connectivity index (χ3v) is 4.91. The highest BCUT2D eigenvalue weighted by molar-refractivity contribution is 5.92. The van der Waals surface area contributed by atoms with Gasteiger partial charge in [-0.1, -0.05) is 23.4 Å². The molecule has 0 spiro atoms. The van der Waals surface area contributed by atoms with Gasteiger partial charge in [-0.3, -0.25) is 9.69 Å². The molecule has 28 heavy (non-hydrogen) atoms. The summed E-state index contributed by atoms with van der Waals surface area (Å²) in [7, 11) is 0. The van der Waals surface area contributed by atoms with Crippen LogP contribution in [0.4, 0.5) is 10.1 Å². The first-order chi connectivity index (χ1) is 13.7. The van der Waals surface area contributed by atoms with Crippen molar-refractivity contribution >= 4 is 11.6 Å². The summed E-state index contributed by atoms with van der Waals surface area (Å²) in [6.07, 6.45) is 1.70. The van der Waals surface area contributed by atoms with Crippen LogP contribution < -0.4 is 5.32 Å². The Labute approximate surface area is 162 Å². The minimum atomic E-state index is -0.295. The SMILES string of the molecule is O=C(CN1CCC(c2nc(-c3ccc(F)cc3)no2)CC1)Nc1ccccc1. The Hall–Kier alpha value is -3.06. The number of nitrogens with zero attached hydrogens (tertiary/aromatic N) is 3. The molecule has 0 unspecified atom stereocenters. The van der Waals surface area contributed by atoms with Gasteiger partial charge in [0.1, 0.15) is 5.82 Å². The summed E-state index contributed by atoms with van der Waals surface area (Å²) in [5.41, 5.74) is 1.54. The monoisotopic (exact) mass is 380 g/mol. The molecule has 0 radical (unpaired) electrons. The molecule has 3 aromatic rings. The summed E-state index contributed by atoms with van der Waals surface area (Å²) in [5.74, 6) is 0.944. The number of amides is 1. The van der Waals surface area contributed by atoms with Crippen LogP contribution in [-0.2, 0) is 4.79 Å². The van der Waals surface area contributed by atoms with E-state index in [9.17, 15) is 9.18 Å². The highest BCUT2D eigenvalue weighted by Gasteiger charge is 2.26. The molecule has 0 saturated carbocycles. The van der Waals surface area contributed by atoms with E-state index < -0.39 is 0 Å². The van der Waals surface area contributed by atoms with Crippen LogP contribution >= 0.6 is 0 Å². The Morgan fingerprint density at radius 2 is 1.82 bits per heavy atom. The van der Waals surface area contributed by atoms with E-state index in [2.05, 4.69) is 20.4 Å². The number of carbonyl (C=O) groups excluding carboxylic acids is 1. The van der Waals surface area contributed by atoms with Gasteiger partial charge in [0.25, 0.3) is 0 Å². The van der Waals surface area contributed by atoms with Crippen molar-refractivity contribution in [2.75, 3.05) is 25.0 Å². The molecule has 1 amide bonds. The molecule has 1 N–H and O–H groups in total. The molecule has 1 saturated heterocycles. The van der Waals surface area contributed by atoms with Gasteiger partial charge in [0.15, 0.2) is 0 Å². The van der Waals surface area contributed by atoms with Gasteiger partial charge >= 0.3 is 0 Å². The second kappa shape index (κ2) is 8.31. The minimum Gasteiger partial charge on any atom is -0.339 e. The Balaban J connectivity index is 1.29. The predicted molar refractivity (Wildman–Crippen MR) is 103 cm³/mol. The molecule has 6 nitrogen and oxygen atoms in total. The lowest BCUT2D eigenvalue weighted by Crippen LogP contribution is -2.38. The van der Waals surface area contributed by atoms with Gasteiger partial charge in [0.2, 0.25) is 17.6 Å². The number of likely N-dealkylation sites (tertiary alicyclic amines) is 1. The molecular formula is C21H21FN4O2. The third-order valence-electron chi connectivity index (χ3n) is 4.91. The average molecular weight is 380 g/mol. The van der Waals surface area contributed by atoms with Gasteiger partial charge in [-0.2, -0.15) is 4.98 Å². The van der Waals surface area contributed by atoms with Gasteiger partial charge in [-0.15, -0.1) is 0 Å². The molecule has 0 aliphatic carbocycles. The molecule has 2 heterocycles. The van der Waals surface area contributed by atoms with Gasteiger partial charge in [-0.05, 0) is 62.3 Å². The fraction of sp³-hybridized carbons (Fsp3) is 0.286. The fourth-order valence-corrected chi connectivity index (χ4v) is 3.38. The number of hydrogen-bond donors (Lipinski definition) is 1. The number of carbonyl (C=O) groups is 1. The van der Waals surface area contributed by atoms with Crippen LogP contribution in [0, 0.1) is 5.82 Å². The van der Waals surface area contributed by atoms with Gasteiger partial charge in [0.05, 0.1) is 6.54 Å². The highest BCUT2D eigenvalue weighted by atomic mass is 19.1. The quantitative estimate of drug-likeness (QED) is 0.731. The predicted octanol–water partition coefficient (Wildman–Crippen LogP) is 3.69. The Bertz CT molecular complexity index is 919. The molecule has 7 heteroatoms. The van der Waals surface area contributed by atoms with Crippen molar-refractivity contribution in [1.82, 2.24) is 15.0 Å². The van der Waals surface area contributed by atoms with Gasteiger partial charge in [0, 0.05) is 17.2 Å². The lowest BCUT2D eigenvalue weighted by atomic mass is 9.97. The normalized spacial score (nSPS) is 15.5. The van der Waals surface area contributed by atoms with Gasteiger partial charge in [-0.25, -0.2) is 4.39 Å². The van der Waals surface area contributed by atoms with E-state index in [1.54, 1.807) is 12.1 Å². The molecule has 1 aliphatic heterocycles. The van der Waals surface area contributed by atoms with Crippen molar-refractivity contribution < 1.29 is 13.7 Å². The van der Waals surface area contributed by atoms with Crippen molar-refractivity contribution in [3.8, 4) is 11.4 Å². The van der Waals surface area contributed by atoms with Crippen LogP contribution in [0.5, 0.6) is 0 Å². The molecular weight excluding hydrogens is 359 g/mol. The number of nitrogens with one attached hydrogen (secondary N) is 1. The van der Waals surface area contributed by atoms with E-state index in [-0.39, 0.29) is 17.6 Å². The lowest BCUT2D eigenvalue weighted by Gasteiger charge is -2.29. The zero-order chi connectivity index (χ0) is 19.3. The summed E-state index contributed by atoms with van der Waals surface area (Å²) in [6, 6.07) is 15.5. The maximum absolute atomic E-state index is 13.1. The van der Waals surface area contributed by atoms with Crippen LogP contribution in [0.2, 0.25) is 0 Å². The maximum Gasteiger partial charge on any atom is 0.238 e. The molecule has 2 aromatic carbocycles. The smallest absolute Gasteiger partial charge is 0.238 e. The van der Waals surface area contributed by atoms with Crippen LogP contribution in [0.25, 0.3) is 11.4 Å². The lowest BCUT2D eigenvalue weighted by molar-refractivity contribution is -0.117. The van der Waals surface area contributed by atoms with Crippen molar-refractivity contribution in [3.05, 3.63) is 66.3 Å². The Kier molecular flexibility index (Phi) is 5.43. The Morgan fingerprint density at radius 3 is 2.54 bits per heavy atom. The summed E-state index contributed by atoms with van der Waals surface area (Å²) >= 11 is 0. The third kappa shape index (κ3) is 4.43. The summed E-state index contributed by atoms with van der Waals surface area (Å²) in [5, 5.41) is 6.93. The zero-order valence-corrected chi connectivity index (χ0v) is 15.3. The van der Waals surface area contributed by atoms with Crippen LogP contribution in [-0.4, -0.2) is 40.6 Å². The van der Waals surface area contributed by atoms with Crippen molar-refractivity contribution in [1.29, 1.82) is 0 Å². The fourth-order valence-electron chi connectivity index (χ4n) is 3.38. The number of piperidine rings is 1. The molecule has 1 aliphatic rings. The number of benzene rings is 2. The highest BCUT2D eigenvalue weighted by Crippen LogP contribution is 2.28.